The molecule has 0 amide bonds. The normalized spacial score (nSPS) is 10.2. The molecule has 0 saturated heterocycles. The van der Waals surface area contributed by atoms with Gasteiger partial charge in [0.05, 0.1) is 5.69 Å². The number of nitrogens with two attached hydrogens (primary N) is 1. The zero-order chi connectivity index (χ0) is 12.1. The van der Waals surface area contributed by atoms with Gasteiger partial charge in [0, 0.05) is 29.9 Å². The van der Waals surface area contributed by atoms with Crippen LogP contribution in [0.3, 0.4) is 0 Å². The van der Waals surface area contributed by atoms with Gasteiger partial charge in [0.25, 0.3) is 0 Å². The van der Waals surface area contributed by atoms with E-state index in [9.17, 15) is 0 Å². The van der Waals surface area contributed by atoms with Crippen molar-refractivity contribution >= 4 is 17.5 Å². The van der Waals surface area contributed by atoms with Crippen LogP contribution in [0.15, 0.2) is 36.5 Å². The number of anilines is 1. The predicted octanol–water partition coefficient (Wildman–Crippen LogP) is 2.17. The van der Waals surface area contributed by atoms with E-state index in [1.54, 1.807) is 6.20 Å². The van der Waals surface area contributed by atoms with Crippen molar-refractivity contribution in [3.8, 4) is 11.3 Å². The number of nitrogens with one attached hydrogen (secondary N) is 1. The zero-order valence-corrected chi connectivity index (χ0v) is 9.98. The van der Waals surface area contributed by atoms with Crippen molar-refractivity contribution < 1.29 is 0 Å². The Morgan fingerprint density at radius 3 is 2.65 bits per heavy atom. The lowest BCUT2D eigenvalue weighted by atomic mass is 10.1. The summed E-state index contributed by atoms with van der Waals surface area (Å²) in [6.07, 6.45) is 1.72. The molecule has 0 fully saturated rings. The van der Waals surface area contributed by atoms with Gasteiger partial charge in [-0.2, -0.15) is 0 Å². The first-order valence-corrected chi connectivity index (χ1v) is 5.70. The van der Waals surface area contributed by atoms with Gasteiger partial charge in [-0.25, -0.2) is 9.97 Å². The molecule has 0 atom stereocenters. The molecular formula is C12H13ClN4. The maximum Gasteiger partial charge on any atom is 0.223 e. The van der Waals surface area contributed by atoms with E-state index in [2.05, 4.69) is 15.3 Å². The summed E-state index contributed by atoms with van der Waals surface area (Å²) in [6, 6.07) is 9.39. The van der Waals surface area contributed by atoms with Crippen LogP contribution in [0.25, 0.3) is 11.3 Å². The molecule has 0 spiro atoms. The summed E-state index contributed by atoms with van der Waals surface area (Å²) in [4.78, 5) is 8.51. The Morgan fingerprint density at radius 1 is 1.18 bits per heavy atom. The van der Waals surface area contributed by atoms with E-state index in [-0.39, 0.29) is 0 Å². The molecule has 1 aromatic heterocycles. The van der Waals surface area contributed by atoms with Gasteiger partial charge in [-0.15, -0.1) is 0 Å². The number of benzene rings is 1. The Hall–Kier alpha value is -1.65. The van der Waals surface area contributed by atoms with Crippen molar-refractivity contribution in [1.29, 1.82) is 0 Å². The highest BCUT2D eigenvalue weighted by Crippen LogP contribution is 2.19. The third-order valence-electron chi connectivity index (χ3n) is 2.22. The molecule has 4 nitrogen and oxygen atoms in total. The Morgan fingerprint density at radius 2 is 1.94 bits per heavy atom. The quantitative estimate of drug-likeness (QED) is 0.871. The SMILES string of the molecule is NCCNc1nccc(-c2ccc(Cl)cc2)n1. The van der Waals surface area contributed by atoms with Crippen molar-refractivity contribution in [3.05, 3.63) is 41.6 Å². The predicted molar refractivity (Wildman–Crippen MR) is 70.0 cm³/mol. The summed E-state index contributed by atoms with van der Waals surface area (Å²) in [7, 11) is 0. The second kappa shape index (κ2) is 5.61. The van der Waals surface area contributed by atoms with Crippen LogP contribution < -0.4 is 11.1 Å². The standard InChI is InChI=1S/C12H13ClN4/c13-10-3-1-9(2-4-10)11-5-7-15-12(17-11)16-8-6-14/h1-5,7H,6,8,14H2,(H,15,16,17). The maximum absolute atomic E-state index is 5.84. The third kappa shape index (κ3) is 3.15. The molecule has 3 N–H and O–H groups in total. The Bertz CT molecular complexity index is 484. The summed E-state index contributed by atoms with van der Waals surface area (Å²) in [6.45, 7) is 1.21. The van der Waals surface area contributed by atoms with Gasteiger partial charge in [-0.3, -0.25) is 0 Å². The molecule has 0 aliphatic carbocycles. The highest BCUT2D eigenvalue weighted by molar-refractivity contribution is 6.30. The molecule has 2 rings (SSSR count). The fourth-order valence-electron chi connectivity index (χ4n) is 1.41. The molecule has 0 radical (unpaired) electrons. The fourth-order valence-corrected chi connectivity index (χ4v) is 1.54. The highest BCUT2D eigenvalue weighted by Gasteiger charge is 2.01. The summed E-state index contributed by atoms with van der Waals surface area (Å²) in [5, 5.41) is 3.75. The van der Waals surface area contributed by atoms with Gasteiger partial charge in [-0.05, 0) is 18.2 Å². The minimum absolute atomic E-state index is 0.550. The first-order valence-electron chi connectivity index (χ1n) is 5.32. The number of halogens is 1. The van der Waals surface area contributed by atoms with Gasteiger partial charge < -0.3 is 11.1 Å². The molecular weight excluding hydrogens is 236 g/mol. The van der Waals surface area contributed by atoms with Crippen molar-refractivity contribution in [2.75, 3.05) is 18.4 Å². The van der Waals surface area contributed by atoms with Crippen LogP contribution in [0.5, 0.6) is 0 Å². The molecule has 1 heterocycles. The third-order valence-corrected chi connectivity index (χ3v) is 2.47. The Kier molecular flexibility index (Phi) is 3.90. The average Bonchev–Trinajstić information content (AvgIpc) is 2.37. The van der Waals surface area contributed by atoms with Gasteiger partial charge >= 0.3 is 0 Å². The van der Waals surface area contributed by atoms with Crippen LogP contribution in [0.1, 0.15) is 0 Å². The van der Waals surface area contributed by atoms with Gasteiger partial charge in [0.1, 0.15) is 0 Å². The number of nitrogens with zero attached hydrogens (tertiary/aromatic N) is 2. The van der Waals surface area contributed by atoms with E-state index in [4.69, 9.17) is 17.3 Å². The van der Waals surface area contributed by atoms with E-state index in [0.29, 0.717) is 24.1 Å². The molecule has 0 aliphatic heterocycles. The Labute approximate surface area is 105 Å². The van der Waals surface area contributed by atoms with Gasteiger partial charge in [0.15, 0.2) is 0 Å². The summed E-state index contributed by atoms with van der Waals surface area (Å²) >= 11 is 5.84. The van der Waals surface area contributed by atoms with Crippen molar-refractivity contribution in [3.63, 3.8) is 0 Å². The monoisotopic (exact) mass is 248 g/mol. The number of aromatic nitrogens is 2. The minimum Gasteiger partial charge on any atom is -0.353 e. The maximum atomic E-state index is 5.84. The van der Waals surface area contributed by atoms with Crippen LogP contribution in [-0.2, 0) is 0 Å². The largest absolute Gasteiger partial charge is 0.353 e. The van der Waals surface area contributed by atoms with Crippen LogP contribution in [0.2, 0.25) is 5.02 Å². The minimum atomic E-state index is 0.550. The van der Waals surface area contributed by atoms with Crippen LogP contribution in [0.4, 0.5) is 5.95 Å². The van der Waals surface area contributed by atoms with Gasteiger partial charge in [-0.1, -0.05) is 23.7 Å². The lowest BCUT2D eigenvalue weighted by molar-refractivity contribution is 0.990. The van der Waals surface area contributed by atoms with Crippen molar-refractivity contribution in [2.24, 2.45) is 5.73 Å². The van der Waals surface area contributed by atoms with Crippen LogP contribution in [0, 0.1) is 0 Å². The van der Waals surface area contributed by atoms with Crippen molar-refractivity contribution in [2.45, 2.75) is 0 Å². The van der Waals surface area contributed by atoms with E-state index >= 15 is 0 Å². The topological polar surface area (TPSA) is 63.8 Å². The molecule has 2 aromatic rings. The Balaban J connectivity index is 2.23. The molecule has 0 bridgehead atoms. The number of rotatable bonds is 4. The van der Waals surface area contributed by atoms with E-state index in [1.807, 2.05) is 30.3 Å². The molecule has 88 valence electrons. The van der Waals surface area contributed by atoms with Crippen LogP contribution in [-0.4, -0.2) is 23.1 Å². The second-order valence-electron chi connectivity index (χ2n) is 3.49. The first-order chi connectivity index (χ1) is 8.29. The zero-order valence-electron chi connectivity index (χ0n) is 9.23. The van der Waals surface area contributed by atoms with Crippen molar-refractivity contribution in [1.82, 2.24) is 9.97 Å². The summed E-state index contributed by atoms with van der Waals surface area (Å²) in [5.74, 6) is 0.586. The molecule has 1 aromatic carbocycles. The summed E-state index contributed by atoms with van der Waals surface area (Å²) in [5.41, 5.74) is 7.27. The lowest BCUT2D eigenvalue weighted by Gasteiger charge is -2.05. The molecule has 0 aliphatic rings. The molecule has 17 heavy (non-hydrogen) atoms. The first kappa shape index (κ1) is 11.8. The van der Waals surface area contributed by atoms with E-state index in [1.165, 1.54) is 0 Å². The number of hydrogen-bond donors (Lipinski definition) is 2. The lowest BCUT2D eigenvalue weighted by Crippen LogP contribution is -2.14. The summed E-state index contributed by atoms with van der Waals surface area (Å²) < 4.78 is 0. The second-order valence-corrected chi connectivity index (χ2v) is 3.92. The van der Waals surface area contributed by atoms with Crippen LogP contribution >= 0.6 is 11.6 Å². The molecule has 0 unspecified atom stereocenters. The van der Waals surface area contributed by atoms with E-state index in [0.717, 1.165) is 11.3 Å². The fraction of sp³-hybridized carbons (Fsp3) is 0.167. The molecule has 0 saturated carbocycles. The molecule has 5 heteroatoms. The highest BCUT2D eigenvalue weighted by atomic mass is 35.5. The number of hydrogen-bond acceptors (Lipinski definition) is 4. The van der Waals surface area contributed by atoms with E-state index < -0.39 is 0 Å². The van der Waals surface area contributed by atoms with Gasteiger partial charge in [0.2, 0.25) is 5.95 Å². The average molecular weight is 249 g/mol. The smallest absolute Gasteiger partial charge is 0.223 e.